The number of halogens is 1. The number of benzene rings is 2. The molecule has 0 spiro atoms. The molecule has 0 aliphatic rings. The van der Waals surface area contributed by atoms with Gasteiger partial charge in [-0.15, -0.1) is 11.3 Å². The van der Waals surface area contributed by atoms with E-state index in [1.807, 2.05) is 29.6 Å². The highest BCUT2D eigenvalue weighted by Gasteiger charge is 2.10. The van der Waals surface area contributed by atoms with Gasteiger partial charge in [0.2, 0.25) is 5.91 Å². The van der Waals surface area contributed by atoms with Crippen LogP contribution in [0.3, 0.4) is 0 Å². The Labute approximate surface area is 179 Å². The van der Waals surface area contributed by atoms with E-state index in [-0.39, 0.29) is 17.6 Å². The molecule has 5 nitrogen and oxygen atoms in total. The van der Waals surface area contributed by atoms with Crippen molar-refractivity contribution in [3.05, 3.63) is 63.9 Å². The number of thiazole rings is 1. The highest BCUT2D eigenvalue weighted by atomic mass is 79.9. The first-order valence-corrected chi connectivity index (χ1v) is 11.1. The summed E-state index contributed by atoms with van der Waals surface area (Å²) in [6.07, 6.45) is 0. The lowest BCUT2D eigenvalue weighted by molar-refractivity contribution is -0.113. The molecule has 0 atom stereocenters. The quantitative estimate of drug-likeness (QED) is 0.361. The zero-order chi connectivity index (χ0) is 19.9. The molecule has 1 N–H and O–H groups in total. The molecule has 1 amide bonds. The molecule has 3 aromatic rings. The molecule has 144 valence electrons. The van der Waals surface area contributed by atoms with Gasteiger partial charge in [-0.25, -0.2) is 9.78 Å². The molecule has 8 heteroatoms. The zero-order valence-electron chi connectivity index (χ0n) is 15.0. The Morgan fingerprint density at radius 1 is 1.14 bits per heavy atom. The molecule has 2 aromatic carbocycles. The Hall–Kier alpha value is -2.16. The van der Waals surface area contributed by atoms with Gasteiger partial charge in [0.05, 0.1) is 23.6 Å². The van der Waals surface area contributed by atoms with E-state index in [1.54, 1.807) is 31.2 Å². The molecule has 28 heavy (non-hydrogen) atoms. The third-order valence-electron chi connectivity index (χ3n) is 3.63. The number of nitrogens with one attached hydrogen (secondary N) is 1. The largest absolute Gasteiger partial charge is 0.462 e. The average molecular weight is 477 g/mol. The molecule has 0 aliphatic carbocycles. The summed E-state index contributed by atoms with van der Waals surface area (Å²) in [5.41, 5.74) is 3.03. The smallest absolute Gasteiger partial charge is 0.338 e. The average Bonchev–Trinajstić information content (AvgIpc) is 3.17. The molecule has 0 saturated heterocycles. The van der Waals surface area contributed by atoms with Crippen LogP contribution >= 0.6 is 39.0 Å². The molecule has 0 fully saturated rings. The maximum absolute atomic E-state index is 12.2. The van der Waals surface area contributed by atoms with Crippen LogP contribution in [0.5, 0.6) is 0 Å². The summed E-state index contributed by atoms with van der Waals surface area (Å²) in [6, 6.07) is 14.6. The number of rotatable bonds is 7. The summed E-state index contributed by atoms with van der Waals surface area (Å²) in [5, 5.41) is 4.80. The second-order valence-corrected chi connectivity index (χ2v) is 8.64. The third-order valence-corrected chi connectivity index (χ3v) is 6.18. The van der Waals surface area contributed by atoms with Gasteiger partial charge in [0.25, 0.3) is 0 Å². The highest BCUT2D eigenvalue weighted by molar-refractivity contribution is 9.10. The van der Waals surface area contributed by atoms with Gasteiger partial charge in [0.1, 0.15) is 0 Å². The van der Waals surface area contributed by atoms with Crippen molar-refractivity contribution in [3.63, 3.8) is 0 Å². The molecule has 0 bridgehead atoms. The van der Waals surface area contributed by atoms with Crippen LogP contribution in [0.2, 0.25) is 0 Å². The topological polar surface area (TPSA) is 68.3 Å². The molecule has 0 saturated carbocycles. The van der Waals surface area contributed by atoms with E-state index in [0.29, 0.717) is 17.9 Å². The normalized spacial score (nSPS) is 10.5. The summed E-state index contributed by atoms with van der Waals surface area (Å²) < 4.78 is 6.80. The van der Waals surface area contributed by atoms with E-state index in [1.165, 1.54) is 23.1 Å². The highest BCUT2D eigenvalue weighted by Crippen LogP contribution is 2.29. The van der Waals surface area contributed by atoms with Crippen molar-refractivity contribution in [1.29, 1.82) is 0 Å². The molecule has 0 radical (unpaired) electrons. The van der Waals surface area contributed by atoms with Crippen LogP contribution in [0.1, 0.15) is 17.3 Å². The van der Waals surface area contributed by atoms with Crippen molar-refractivity contribution in [3.8, 4) is 11.3 Å². The first kappa shape index (κ1) is 20.6. The molecular weight excluding hydrogens is 460 g/mol. The first-order valence-electron chi connectivity index (χ1n) is 8.46. The number of aromatic nitrogens is 1. The summed E-state index contributed by atoms with van der Waals surface area (Å²) in [6.45, 7) is 2.09. The van der Waals surface area contributed by atoms with Crippen LogP contribution in [0.15, 0.2) is 62.7 Å². The number of anilines is 1. The maximum atomic E-state index is 12.2. The minimum atomic E-state index is -0.374. The van der Waals surface area contributed by atoms with Crippen LogP contribution in [0, 0.1) is 0 Å². The fraction of sp³-hybridized carbons (Fsp3) is 0.150. The van der Waals surface area contributed by atoms with Crippen molar-refractivity contribution in [1.82, 2.24) is 4.98 Å². The number of hydrogen-bond acceptors (Lipinski definition) is 6. The van der Waals surface area contributed by atoms with Gasteiger partial charge in [0, 0.05) is 21.1 Å². The number of amides is 1. The van der Waals surface area contributed by atoms with E-state index in [4.69, 9.17) is 4.74 Å². The second-order valence-electron chi connectivity index (χ2n) is 5.64. The fourth-order valence-corrected chi connectivity index (χ4v) is 4.20. The van der Waals surface area contributed by atoms with Crippen molar-refractivity contribution in [2.75, 3.05) is 17.7 Å². The van der Waals surface area contributed by atoms with Gasteiger partial charge >= 0.3 is 5.97 Å². The number of carbonyl (C=O) groups excluding carboxylic acids is 2. The Bertz CT molecular complexity index is 956. The molecular formula is C20H17BrN2O3S2. The summed E-state index contributed by atoms with van der Waals surface area (Å²) in [7, 11) is 0. The Morgan fingerprint density at radius 3 is 2.54 bits per heavy atom. The standard InChI is InChI=1S/C20H17BrN2O3S2/c1-2-26-19(25)14-5-9-16(10-6-14)22-18(24)12-28-20-23-17(11-27-20)13-3-7-15(21)8-4-13/h3-11H,2,12H2,1H3,(H,22,24). The van der Waals surface area contributed by atoms with Crippen molar-refractivity contribution < 1.29 is 14.3 Å². The number of nitrogens with zero attached hydrogens (tertiary/aromatic N) is 1. The fourth-order valence-electron chi connectivity index (χ4n) is 2.31. The Balaban J connectivity index is 1.52. The summed E-state index contributed by atoms with van der Waals surface area (Å²) in [5.74, 6) is -0.247. The molecule has 1 aromatic heterocycles. The third kappa shape index (κ3) is 5.67. The van der Waals surface area contributed by atoms with Gasteiger partial charge in [-0.2, -0.15) is 0 Å². The second kappa shape index (κ2) is 9.86. The molecule has 0 aliphatic heterocycles. The van der Waals surface area contributed by atoms with E-state index >= 15 is 0 Å². The molecule has 1 heterocycles. The minimum absolute atomic E-state index is 0.130. The van der Waals surface area contributed by atoms with Crippen LogP contribution < -0.4 is 5.32 Å². The molecule has 0 unspecified atom stereocenters. The lowest BCUT2D eigenvalue weighted by Gasteiger charge is -2.06. The summed E-state index contributed by atoms with van der Waals surface area (Å²) >= 11 is 6.33. The minimum Gasteiger partial charge on any atom is -0.462 e. The lowest BCUT2D eigenvalue weighted by atomic mass is 10.2. The van der Waals surface area contributed by atoms with E-state index in [9.17, 15) is 9.59 Å². The predicted octanol–water partition coefficient (Wildman–Crippen LogP) is 5.48. The molecule has 3 rings (SSSR count). The summed E-state index contributed by atoms with van der Waals surface area (Å²) in [4.78, 5) is 28.4. The predicted molar refractivity (Wildman–Crippen MR) is 117 cm³/mol. The van der Waals surface area contributed by atoms with Gasteiger partial charge < -0.3 is 10.1 Å². The monoisotopic (exact) mass is 476 g/mol. The van der Waals surface area contributed by atoms with E-state index < -0.39 is 0 Å². The zero-order valence-corrected chi connectivity index (χ0v) is 18.2. The van der Waals surface area contributed by atoms with Gasteiger partial charge in [-0.1, -0.05) is 39.8 Å². The van der Waals surface area contributed by atoms with Crippen molar-refractivity contribution in [2.24, 2.45) is 0 Å². The number of thioether (sulfide) groups is 1. The van der Waals surface area contributed by atoms with Gasteiger partial charge in [-0.3, -0.25) is 4.79 Å². The van der Waals surface area contributed by atoms with E-state index in [0.717, 1.165) is 20.1 Å². The van der Waals surface area contributed by atoms with Crippen LogP contribution in [-0.2, 0) is 9.53 Å². The number of esters is 1. The van der Waals surface area contributed by atoms with E-state index in [2.05, 4.69) is 26.2 Å². The number of hydrogen-bond donors (Lipinski definition) is 1. The van der Waals surface area contributed by atoms with Crippen LogP contribution in [0.4, 0.5) is 5.69 Å². The first-order chi connectivity index (χ1) is 13.5. The van der Waals surface area contributed by atoms with Crippen LogP contribution in [0.25, 0.3) is 11.3 Å². The SMILES string of the molecule is CCOC(=O)c1ccc(NC(=O)CSc2nc(-c3ccc(Br)cc3)cs2)cc1. The Morgan fingerprint density at radius 2 is 1.86 bits per heavy atom. The number of ether oxygens (including phenoxy) is 1. The van der Waals surface area contributed by atoms with Crippen LogP contribution in [-0.4, -0.2) is 29.2 Å². The van der Waals surface area contributed by atoms with Gasteiger partial charge in [0.15, 0.2) is 4.34 Å². The number of carbonyl (C=O) groups is 2. The lowest BCUT2D eigenvalue weighted by Crippen LogP contribution is -2.14. The van der Waals surface area contributed by atoms with Crippen molar-refractivity contribution >= 4 is 56.6 Å². The Kier molecular flexibility index (Phi) is 7.24. The van der Waals surface area contributed by atoms with Gasteiger partial charge in [-0.05, 0) is 43.3 Å². The van der Waals surface area contributed by atoms with Crippen molar-refractivity contribution in [2.45, 2.75) is 11.3 Å². The maximum Gasteiger partial charge on any atom is 0.338 e.